The highest BCUT2D eigenvalue weighted by Gasteiger charge is 2.07. The quantitative estimate of drug-likeness (QED) is 0.917. The van der Waals surface area contributed by atoms with Gasteiger partial charge in [0.05, 0.1) is 0 Å². The predicted octanol–water partition coefficient (Wildman–Crippen LogP) is 3.83. The van der Waals surface area contributed by atoms with Crippen molar-refractivity contribution >= 4 is 0 Å². The summed E-state index contributed by atoms with van der Waals surface area (Å²) in [6, 6.07) is 8.28. The van der Waals surface area contributed by atoms with Crippen LogP contribution >= 0.6 is 0 Å². The maximum atomic E-state index is 6.00. The normalized spacial score (nSPS) is 10.7. The van der Waals surface area contributed by atoms with E-state index in [0.717, 1.165) is 23.6 Å². The number of nitrogens with zero attached hydrogens (tertiary/aromatic N) is 1. The summed E-state index contributed by atoms with van der Waals surface area (Å²) in [5.74, 6) is 1.54. The monoisotopic (exact) mass is 270 g/mol. The Morgan fingerprint density at radius 1 is 1.05 bits per heavy atom. The molecule has 3 nitrogen and oxygen atoms in total. The molecule has 0 aliphatic carbocycles. The number of ether oxygens (including phenoxy) is 1. The fraction of sp³-hybridized carbons (Fsp3) is 0.353. The molecule has 0 radical (unpaired) electrons. The first-order chi connectivity index (χ1) is 9.49. The van der Waals surface area contributed by atoms with E-state index in [9.17, 15) is 0 Å². The van der Waals surface area contributed by atoms with Crippen molar-refractivity contribution in [3.63, 3.8) is 0 Å². The van der Waals surface area contributed by atoms with E-state index in [2.05, 4.69) is 49.3 Å². The minimum Gasteiger partial charge on any atom is -0.439 e. The van der Waals surface area contributed by atoms with Crippen molar-refractivity contribution in [3.05, 3.63) is 52.2 Å². The third-order valence-electron chi connectivity index (χ3n) is 3.35. The summed E-state index contributed by atoms with van der Waals surface area (Å²) in [6.07, 6.45) is 0. The van der Waals surface area contributed by atoms with Crippen LogP contribution in [0.5, 0.6) is 11.6 Å². The molecule has 0 bridgehead atoms. The number of rotatable bonds is 4. The first-order valence-corrected chi connectivity index (χ1v) is 6.87. The molecule has 0 unspecified atom stereocenters. The Morgan fingerprint density at radius 2 is 1.80 bits per heavy atom. The summed E-state index contributed by atoms with van der Waals surface area (Å²) in [7, 11) is 1.93. The largest absolute Gasteiger partial charge is 0.439 e. The van der Waals surface area contributed by atoms with Crippen LogP contribution in [-0.4, -0.2) is 12.0 Å². The van der Waals surface area contributed by atoms with Gasteiger partial charge in [0.1, 0.15) is 5.75 Å². The molecule has 0 saturated heterocycles. The number of aromatic nitrogens is 1. The molecule has 1 aromatic heterocycles. The minimum atomic E-state index is 0.656. The van der Waals surface area contributed by atoms with Crippen LogP contribution < -0.4 is 10.1 Å². The summed E-state index contributed by atoms with van der Waals surface area (Å²) in [4.78, 5) is 4.46. The number of pyridine rings is 1. The van der Waals surface area contributed by atoms with E-state index in [0.29, 0.717) is 5.88 Å². The molecule has 0 aliphatic rings. The number of hydrogen-bond donors (Lipinski definition) is 1. The predicted molar refractivity (Wildman–Crippen MR) is 82.5 cm³/mol. The second-order valence-electron chi connectivity index (χ2n) is 5.29. The van der Waals surface area contributed by atoms with Gasteiger partial charge in [-0.05, 0) is 69.1 Å². The smallest absolute Gasteiger partial charge is 0.219 e. The number of benzene rings is 1. The van der Waals surface area contributed by atoms with Gasteiger partial charge < -0.3 is 10.1 Å². The highest BCUT2D eigenvalue weighted by atomic mass is 16.5. The average Bonchev–Trinajstić information content (AvgIpc) is 2.35. The van der Waals surface area contributed by atoms with Gasteiger partial charge in [0.2, 0.25) is 5.88 Å². The van der Waals surface area contributed by atoms with Crippen molar-refractivity contribution in [2.75, 3.05) is 7.05 Å². The summed E-state index contributed by atoms with van der Waals surface area (Å²) in [6.45, 7) is 9.06. The van der Waals surface area contributed by atoms with Gasteiger partial charge in [-0.3, -0.25) is 0 Å². The molecule has 0 atom stereocenters. The van der Waals surface area contributed by atoms with Crippen molar-refractivity contribution in [1.82, 2.24) is 10.3 Å². The van der Waals surface area contributed by atoms with Crippen molar-refractivity contribution in [3.8, 4) is 11.6 Å². The molecule has 2 rings (SSSR count). The van der Waals surface area contributed by atoms with E-state index >= 15 is 0 Å². The molecule has 0 amide bonds. The highest BCUT2D eigenvalue weighted by Crippen LogP contribution is 2.28. The number of nitrogens with one attached hydrogen (secondary N) is 1. The summed E-state index contributed by atoms with van der Waals surface area (Å²) < 4.78 is 6.00. The molecule has 0 fully saturated rings. The maximum Gasteiger partial charge on any atom is 0.219 e. The van der Waals surface area contributed by atoms with Gasteiger partial charge >= 0.3 is 0 Å². The Morgan fingerprint density at radius 3 is 2.50 bits per heavy atom. The van der Waals surface area contributed by atoms with Gasteiger partial charge in [-0.25, -0.2) is 4.98 Å². The van der Waals surface area contributed by atoms with Crippen LogP contribution in [0, 0.1) is 27.7 Å². The molecule has 0 aliphatic heterocycles. The third-order valence-corrected chi connectivity index (χ3v) is 3.35. The first kappa shape index (κ1) is 14.5. The van der Waals surface area contributed by atoms with E-state index in [1.807, 2.05) is 20.0 Å². The molecule has 2 aromatic rings. The van der Waals surface area contributed by atoms with Crippen molar-refractivity contribution in [2.45, 2.75) is 34.2 Å². The Labute approximate surface area is 121 Å². The van der Waals surface area contributed by atoms with Crippen LogP contribution in [-0.2, 0) is 6.54 Å². The Balaban J connectivity index is 2.34. The summed E-state index contributed by atoms with van der Waals surface area (Å²) >= 11 is 0. The highest BCUT2D eigenvalue weighted by molar-refractivity contribution is 5.44. The second-order valence-corrected chi connectivity index (χ2v) is 5.29. The van der Waals surface area contributed by atoms with E-state index in [1.165, 1.54) is 16.7 Å². The fourth-order valence-electron chi connectivity index (χ4n) is 2.28. The van der Waals surface area contributed by atoms with Gasteiger partial charge in [0, 0.05) is 18.3 Å². The standard InChI is InChI=1S/C17H22N2O/c1-11-6-12(2)14(4)16(7-11)20-17-9-15(10-18-5)8-13(3)19-17/h6-9,18H,10H2,1-5H3. The zero-order chi connectivity index (χ0) is 14.7. The number of hydrogen-bond acceptors (Lipinski definition) is 3. The lowest BCUT2D eigenvalue weighted by atomic mass is 10.1. The molecular weight excluding hydrogens is 248 g/mol. The van der Waals surface area contributed by atoms with Crippen LogP contribution in [0.1, 0.15) is 27.9 Å². The zero-order valence-corrected chi connectivity index (χ0v) is 12.9. The lowest BCUT2D eigenvalue weighted by Crippen LogP contribution is -2.06. The Hall–Kier alpha value is -1.87. The van der Waals surface area contributed by atoms with Gasteiger partial charge in [0.25, 0.3) is 0 Å². The molecule has 0 spiro atoms. The summed E-state index contributed by atoms with van der Waals surface area (Å²) in [5.41, 5.74) is 5.75. The van der Waals surface area contributed by atoms with E-state index in [1.54, 1.807) is 0 Å². The van der Waals surface area contributed by atoms with Gasteiger partial charge in [-0.1, -0.05) is 6.07 Å². The van der Waals surface area contributed by atoms with E-state index in [4.69, 9.17) is 4.74 Å². The van der Waals surface area contributed by atoms with Crippen molar-refractivity contribution < 1.29 is 4.74 Å². The van der Waals surface area contributed by atoms with Crippen LogP contribution in [0.3, 0.4) is 0 Å². The maximum absolute atomic E-state index is 6.00. The van der Waals surface area contributed by atoms with Gasteiger partial charge in [-0.15, -0.1) is 0 Å². The molecule has 1 heterocycles. The second kappa shape index (κ2) is 6.06. The SMILES string of the molecule is CNCc1cc(C)nc(Oc2cc(C)cc(C)c2C)c1. The van der Waals surface area contributed by atoms with Crippen LogP contribution in [0.25, 0.3) is 0 Å². The average molecular weight is 270 g/mol. The fourth-order valence-corrected chi connectivity index (χ4v) is 2.28. The first-order valence-electron chi connectivity index (χ1n) is 6.87. The van der Waals surface area contributed by atoms with Crippen molar-refractivity contribution in [1.29, 1.82) is 0 Å². The minimum absolute atomic E-state index is 0.656. The molecule has 106 valence electrons. The molecule has 3 heteroatoms. The molecular formula is C17H22N2O. The number of aryl methyl sites for hydroxylation is 3. The lowest BCUT2D eigenvalue weighted by molar-refractivity contribution is 0.456. The summed E-state index contributed by atoms with van der Waals surface area (Å²) in [5, 5.41) is 3.15. The lowest BCUT2D eigenvalue weighted by Gasteiger charge is -2.13. The van der Waals surface area contributed by atoms with Crippen LogP contribution in [0.4, 0.5) is 0 Å². The third kappa shape index (κ3) is 3.36. The zero-order valence-electron chi connectivity index (χ0n) is 12.9. The Kier molecular flexibility index (Phi) is 4.40. The molecule has 20 heavy (non-hydrogen) atoms. The van der Waals surface area contributed by atoms with Gasteiger partial charge in [0.15, 0.2) is 0 Å². The molecule has 1 aromatic carbocycles. The molecule has 0 saturated carbocycles. The van der Waals surface area contributed by atoms with E-state index < -0.39 is 0 Å². The van der Waals surface area contributed by atoms with Crippen LogP contribution in [0.15, 0.2) is 24.3 Å². The van der Waals surface area contributed by atoms with E-state index in [-0.39, 0.29) is 0 Å². The van der Waals surface area contributed by atoms with Gasteiger partial charge in [-0.2, -0.15) is 0 Å². The Bertz CT molecular complexity index is 621. The molecule has 1 N–H and O–H groups in total. The van der Waals surface area contributed by atoms with Crippen LogP contribution in [0.2, 0.25) is 0 Å². The topological polar surface area (TPSA) is 34.2 Å². The van der Waals surface area contributed by atoms with Crippen molar-refractivity contribution in [2.24, 2.45) is 0 Å².